The van der Waals surface area contributed by atoms with Gasteiger partial charge < -0.3 is 25.0 Å². The van der Waals surface area contributed by atoms with Gasteiger partial charge in [0.05, 0.1) is 30.9 Å². The van der Waals surface area contributed by atoms with E-state index < -0.39 is 5.97 Å². The van der Waals surface area contributed by atoms with Gasteiger partial charge in [-0.05, 0) is 49.7 Å². The number of carbonyl (C=O) groups excluding carboxylic acids is 2. The van der Waals surface area contributed by atoms with Gasteiger partial charge >= 0.3 is 5.97 Å². The Morgan fingerprint density at radius 2 is 1.86 bits per heavy atom. The number of carboxylic acids is 1. The lowest BCUT2D eigenvalue weighted by molar-refractivity contribution is -0.121. The minimum Gasteiger partial charge on any atom is -0.497 e. The van der Waals surface area contributed by atoms with Crippen molar-refractivity contribution >= 4 is 35.2 Å². The van der Waals surface area contributed by atoms with Crippen LogP contribution in [0.15, 0.2) is 53.7 Å². The Labute approximate surface area is 207 Å². The number of nitrogens with one attached hydrogen (secondary N) is 2. The van der Waals surface area contributed by atoms with Crippen LogP contribution in [0.5, 0.6) is 5.75 Å². The zero-order valence-corrected chi connectivity index (χ0v) is 20.5. The number of carbonyl (C=O) groups is 3. The standard InChI is InChI=1S/C24H27N5O5S/c1-4-29-22(15(2)25-20(30)12-16-8-10-19(34-3)11-9-16)27-28-24(29)35-14-21(31)26-18-7-5-6-17(13-18)23(32)33/h5-11,13,15H,4,12,14H2,1-3H3,(H,25,30)(H,26,31)(H,32,33)/t15-/m1/s1. The predicted octanol–water partition coefficient (Wildman–Crippen LogP) is 3.16. The SMILES string of the molecule is CCn1c(SCC(=O)Nc2cccc(C(=O)O)c2)nnc1[C@@H](C)NC(=O)Cc1ccc(OC)cc1. The number of thioether (sulfide) groups is 1. The lowest BCUT2D eigenvalue weighted by atomic mass is 10.1. The molecule has 2 amide bonds. The summed E-state index contributed by atoms with van der Waals surface area (Å²) in [6.07, 6.45) is 0.222. The van der Waals surface area contributed by atoms with Crippen LogP contribution in [0.2, 0.25) is 0 Å². The van der Waals surface area contributed by atoms with Crippen LogP contribution in [0, 0.1) is 0 Å². The molecule has 0 spiro atoms. The molecule has 0 fully saturated rings. The molecule has 0 aliphatic rings. The summed E-state index contributed by atoms with van der Waals surface area (Å²) >= 11 is 1.21. The van der Waals surface area contributed by atoms with Gasteiger partial charge in [0.25, 0.3) is 0 Å². The lowest BCUT2D eigenvalue weighted by Gasteiger charge is -2.15. The Morgan fingerprint density at radius 1 is 1.11 bits per heavy atom. The fourth-order valence-corrected chi connectivity index (χ4v) is 4.18. The minimum atomic E-state index is -1.07. The Kier molecular flexibility index (Phi) is 8.85. The highest BCUT2D eigenvalue weighted by molar-refractivity contribution is 7.99. The van der Waals surface area contributed by atoms with E-state index in [1.54, 1.807) is 19.2 Å². The fourth-order valence-electron chi connectivity index (χ4n) is 3.37. The number of methoxy groups -OCH3 is 1. The van der Waals surface area contributed by atoms with E-state index in [4.69, 9.17) is 9.84 Å². The molecular weight excluding hydrogens is 470 g/mol. The van der Waals surface area contributed by atoms with Gasteiger partial charge in [0.1, 0.15) is 5.75 Å². The van der Waals surface area contributed by atoms with Crippen molar-refractivity contribution in [2.75, 3.05) is 18.2 Å². The first kappa shape index (κ1) is 25.8. The summed E-state index contributed by atoms with van der Waals surface area (Å²) in [6.45, 7) is 4.32. The first-order chi connectivity index (χ1) is 16.8. The maximum absolute atomic E-state index is 12.5. The molecule has 0 bridgehead atoms. The fraction of sp³-hybridized carbons (Fsp3) is 0.292. The number of benzene rings is 2. The number of hydrogen-bond acceptors (Lipinski definition) is 7. The van der Waals surface area contributed by atoms with Gasteiger partial charge in [0.15, 0.2) is 11.0 Å². The van der Waals surface area contributed by atoms with Crippen molar-refractivity contribution in [2.24, 2.45) is 0 Å². The molecule has 0 aliphatic carbocycles. The third-order valence-electron chi connectivity index (χ3n) is 5.08. The number of aromatic nitrogens is 3. The number of rotatable bonds is 11. The normalized spacial score (nSPS) is 11.5. The molecule has 0 radical (unpaired) electrons. The zero-order valence-electron chi connectivity index (χ0n) is 19.6. The Balaban J connectivity index is 1.57. The van der Waals surface area contributed by atoms with E-state index in [2.05, 4.69) is 20.8 Å². The number of ether oxygens (including phenoxy) is 1. The van der Waals surface area contributed by atoms with Crippen molar-refractivity contribution < 1.29 is 24.2 Å². The Hall–Kier alpha value is -3.86. The van der Waals surface area contributed by atoms with Gasteiger partial charge in [-0.25, -0.2) is 4.79 Å². The van der Waals surface area contributed by atoms with E-state index in [9.17, 15) is 14.4 Å². The molecule has 0 unspecified atom stereocenters. The summed E-state index contributed by atoms with van der Waals surface area (Å²) in [7, 11) is 1.59. The van der Waals surface area contributed by atoms with Crippen LogP contribution >= 0.6 is 11.8 Å². The summed E-state index contributed by atoms with van der Waals surface area (Å²) in [6, 6.07) is 13.0. The van der Waals surface area contributed by atoms with Crippen LogP contribution in [0.25, 0.3) is 0 Å². The van der Waals surface area contributed by atoms with Gasteiger partial charge in [0, 0.05) is 12.2 Å². The average molecular weight is 498 g/mol. The number of amides is 2. The van der Waals surface area contributed by atoms with E-state index in [0.29, 0.717) is 23.2 Å². The molecule has 10 nitrogen and oxygen atoms in total. The van der Waals surface area contributed by atoms with E-state index in [-0.39, 0.29) is 35.6 Å². The molecule has 3 aromatic rings. The van der Waals surface area contributed by atoms with Gasteiger partial charge in [-0.15, -0.1) is 10.2 Å². The quantitative estimate of drug-likeness (QED) is 0.344. The van der Waals surface area contributed by atoms with Crippen molar-refractivity contribution in [3.63, 3.8) is 0 Å². The monoisotopic (exact) mass is 497 g/mol. The average Bonchev–Trinajstić information content (AvgIpc) is 3.26. The van der Waals surface area contributed by atoms with Crippen molar-refractivity contribution in [2.45, 2.75) is 38.0 Å². The topological polar surface area (TPSA) is 135 Å². The molecular formula is C24H27N5O5S. The van der Waals surface area contributed by atoms with Crippen LogP contribution in [0.3, 0.4) is 0 Å². The number of nitrogens with zero attached hydrogens (tertiary/aromatic N) is 3. The van der Waals surface area contributed by atoms with Gasteiger partial charge in [0.2, 0.25) is 11.8 Å². The first-order valence-corrected chi connectivity index (χ1v) is 11.9. The number of carboxylic acid groups (broad SMARTS) is 1. The molecule has 35 heavy (non-hydrogen) atoms. The number of aromatic carboxylic acids is 1. The van der Waals surface area contributed by atoms with Gasteiger partial charge in [-0.2, -0.15) is 0 Å². The molecule has 11 heteroatoms. The molecule has 1 atom stereocenters. The van der Waals surface area contributed by atoms with Crippen molar-refractivity contribution in [3.05, 3.63) is 65.5 Å². The molecule has 1 heterocycles. The Morgan fingerprint density at radius 3 is 2.51 bits per heavy atom. The maximum Gasteiger partial charge on any atom is 0.335 e. The van der Waals surface area contributed by atoms with Crippen molar-refractivity contribution in [1.82, 2.24) is 20.1 Å². The molecule has 1 aromatic heterocycles. The summed E-state index contributed by atoms with van der Waals surface area (Å²) in [5, 5.41) is 23.7. The van der Waals surface area contributed by atoms with Gasteiger partial charge in [-0.1, -0.05) is 30.0 Å². The van der Waals surface area contributed by atoms with Crippen LogP contribution in [0.1, 0.15) is 41.6 Å². The van der Waals surface area contributed by atoms with Crippen LogP contribution in [0.4, 0.5) is 5.69 Å². The summed E-state index contributed by atoms with van der Waals surface area (Å²) in [4.78, 5) is 36.0. The minimum absolute atomic E-state index is 0.0631. The predicted molar refractivity (Wildman–Crippen MR) is 132 cm³/mol. The van der Waals surface area contributed by atoms with Crippen LogP contribution in [-0.4, -0.2) is 50.5 Å². The van der Waals surface area contributed by atoms with Crippen LogP contribution < -0.4 is 15.4 Å². The molecule has 0 saturated heterocycles. The third-order valence-corrected chi connectivity index (χ3v) is 6.04. The highest BCUT2D eigenvalue weighted by Gasteiger charge is 2.20. The number of anilines is 1. The van der Waals surface area contributed by atoms with Crippen molar-refractivity contribution in [3.8, 4) is 5.75 Å². The number of hydrogen-bond donors (Lipinski definition) is 3. The lowest BCUT2D eigenvalue weighted by Crippen LogP contribution is -2.30. The molecule has 2 aromatic carbocycles. The van der Waals surface area contributed by atoms with E-state index in [1.807, 2.05) is 42.7 Å². The molecule has 184 valence electrons. The highest BCUT2D eigenvalue weighted by Crippen LogP contribution is 2.21. The molecule has 0 saturated carbocycles. The zero-order chi connectivity index (χ0) is 25.4. The second-order valence-corrected chi connectivity index (χ2v) is 8.56. The van der Waals surface area contributed by atoms with E-state index in [1.165, 1.54) is 23.9 Å². The second-order valence-electron chi connectivity index (χ2n) is 7.62. The summed E-state index contributed by atoms with van der Waals surface area (Å²) in [5.74, 6) is -0.132. The summed E-state index contributed by atoms with van der Waals surface area (Å²) < 4.78 is 6.98. The largest absolute Gasteiger partial charge is 0.497 e. The van der Waals surface area contributed by atoms with E-state index >= 15 is 0 Å². The molecule has 3 rings (SSSR count). The second kappa shape index (κ2) is 12.0. The highest BCUT2D eigenvalue weighted by atomic mass is 32.2. The molecule has 0 aliphatic heterocycles. The molecule has 3 N–H and O–H groups in total. The maximum atomic E-state index is 12.5. The van der Waals surface area contributed by atoms with Crippen LogP contribution in [-0.2, 0) is 22.6 Å². The Bertz CT molecular complexity index is 1200. The first-order valence-electron chi connectivity index (χ1n) is 10.9. The van der Waals surface area contributed by atoms with Gasteiger partial charge in [-0.3, -0.25) is 9.59 Å². The van der Waals surface area contributed by atoms with E-state index in [0.717, 1.165) is 11.3 Å². The third kappa shape index (κ3) is 7.06. The summed E-state index contributed by atoms with van der Waals surface area (Å²) in [5.41, 5.74) is 1.36. The van der Waals surface area contributed by atoms with Crippen molar-refractivity contribution in [1.29, 1.82) is 0 Å². The smallest absolute Gasteiger partial charge is 0.335 e.